The maximum absolute atomic E-state index is 5.84. The Kier molecular flexibility index (Phi) is 4.83. The Bertz CT molecular complexity index is 503. The van der Waals surface area contributed by atoms with Crippen LogP contribution in [0.4, 0.5) is 0 Å². The van der Waals surface area contributed by atoms with Crippen molar-refractivity contribution >= 4 is 11.6 Å². The van der Waals surface area contributed by atoms with Crippen molar-refractivity contribution in [2.75, 3.05) is 7.05 Å². The predicted molar refractivity (Wildman–Crippen MR) is 80.1 cm³/mol. The molecule has 2 nitrogen and oxygen atoms in total. The quantitative estimate of drug-likeness (QED) is 0.846. The Morgan fingerprint density at radius 1 is 1.00 bits per heavy atom. The van der Waals surface area contributed by atoms with Crippen molar-refractivity contribution in [3.8, 4) is 11.5 Å². The van der Waals surface area contributed by atoms with Gasteiger partial charge in [-0.05, 0) is 55.4 Å². The zero-order chi connectivity index (χ0) is 13.7. The summed E-state index contributed by atoms with van der Waals surface area (Å²) in [6, 6.07) is 15.9. The van der Waals surface area contributed by atoms with E-state index in [0.29, 0.717) is 11.1 Å². The van der Waals surface area contributed by atoms with Crippen LogP contribution in [0.3, 0.4) is 0 Å². The Balaban J connectivity index is 2.08. The monoisotopic (exact) mass is 275 g/mol. The molecule has 3 heteroatoms. The molecule has 0 bridgehead atoms. The summed E-state index contributed by atoms with van der Waals surface area (Å²) in [6.45, 7) is 2.17. The van der Waals surface area contributed by atoms with Gasteiger partial charge in [0.1, 0.15) is 11.5 Å². The molecule has 0 saturated carbocycles. The van der Waals surface area contributed by atoms with E-state index in [1.807, 2.05) is 43.4 Å². The first-order valence-electron chi connectivity index (χ1n) is 6.43. The fourth-order valence-corrected chi connectivity index (χ4v) is 2.14. The summed E-state index contributed by atoms with van der Waals surface area (Å²) in [5.41, 5.74) is 1.27. The van der Waals surface area contributed by atoms with Gasteiger partial charge in [0.05, 0.1) is 0 Å². The predicted octanol–water partition coefficient (Wildman–Crippen LogP) is 4.80. The highest BCUT2D eigenvalue weighted by Crippen LogP contribution is 2.25. The van der Waals surface area contributed by atoms with E-state index in [1.165, 1.54) is 5.56 Å². The smallest absolute Gasteiger partial charge is 0.127 e. The van der Waals surface area contributed by atoms with Crippen LogP contribution in [0.15, 0.2) is 48.5 Å². The summed E-state index contributed by atoms with van der Waals surface area (Å²) in [7, 11) is 1.98. The molecule has 19 heavy (non-hydrogen) atoms. The summed E-state index contributed by atoms with van der Waals surface area (Å²) in [4.78, 5) is 0. The molecule has 0 amide bonds. The second-order valence-corrected chi connectivity index (χ2v) is 4.81. The van der Waals surface area contributed by atoms with Crippen LogP contribution in [-0.2, 0) is 0 Å². The van der Waals surface area contributed by atoms with Gasteiger partial charge in [-0.25, -0.2) is 0 Å². The molecule has 0 saturated heterocycles. The number of hydrogen-bond donors (Lipinski definition) is 1. The van der Waals surface area contributed by atoms with Crippen LogP contribution in [0.25, 0.3) is 0 Å². The normalized spacial score (nSPS) is 12.2. The number of benzene rings is 2. The number of rotatable bonds is 5. The molecule has 1 atom stereocenters. The second-order valence-electron chi connectivity index (χ2n) is 4.37. The van der Waals surface area contributed by atoms with Gasteiger partial charge in [0.25, 0.3) is 0 Å². The SMILES string of the molecule is CCC(NC)c1ccc(Oc2ccc(Cl)cc2)cc1. The second kappa shape index (κ2) is 6.60. The lowest BCUT2D eigenvalue weighted by Crippen LogP contribution is -2.14. The lowest BCUT2D eigenvalue weighted by Gasteiger charge is -2.14. The molecule has 0 aliphatic heterocycles. The van der Waals surface area contributed by atoms with Gasteiger partial charge in [0.2, 0.25) is 0 Å². The van der Waals surface area contributed by atoms with E-state index in [0.717, 1.165) is 17.9 Å². The number of ether oxygens (including phenoxy) is 1. The number of nitrogens with one attached hydrogen (secondary N) is 1. The van der Waals surface area contributed by atoms with Gasteiger partial charge in [0.15, 0.2) is 0 Å². The van der Waals surface area contributed by atoms with Gasteiger partial charge in [0, 0.05) is 11.1 Å². The first-order valence-corrected chi connectivity index (χ1v) is 6.81. The molecular formula is C16H18ClNO. The molecule has 2 aromatic rings. The Hall–Kier alpha value is -1.51. The molecule has 0 spiro atoms. The molecule has 0 aliphatic rings. The van der Waals surface area contributed by atoms with Crippen molar-refractivity contribution in [2.45, 2.75) is 19.4 Å². The third kappa shape index (κ3) is 3.72. The van der Waals surface area contributed by atoms with Crippen LogP contribution in [0, 0.1) is 0 Å². The van der Waals surface area contributed by atoms with E-state index in [4.69, 9.17) is 16.3 Å². The summed E-state index contributed by atoms with van der Waals surface area (Å²) < 4.78 is 5.76. The van der Waals surface area contributed by atoms with Gasteiger partial charge in [-0.2, -0.15) is 0 Å². The summed E-state index contributed by atoms with van der Waals surface area (Å²) >= 11 is 5.84. The van der Waals surface area contributed by atoms with Gasteiger partial charge >= 0.3 is 0 Å². The van der Waals surface area contributed by atoms with Crippen molar-refractivity contribution in [3.05, 3.63) is 59.1 Å². The fraction of sp³-hybridized carbons (Fsp3) is 0.250. The highest BCUT2D eigenvalue weighted by molar-refractivity contribution is 6.30. The van der Waals surface area contributed by atoms with E-state index in [1.54, 1.807) is 0 Å². The van der Waals surface area contributed by atoms with Gasteiger partial charge < -0.3 is 10.1 Å². The van der Waals surface area contributed by atoms with Crippen LogP contribution >= 0.6 is 11.6 Å². The minimum absolute atomic E-state index is 0.393. The van der Waals surface area contributed by atoms with Crippen LogP contribution in [0.1, 0.15) is 24.9 Å². The van der Waals surface area contributed by atoms with Crippen LogP contribution in [-0.4, -0.2) is 7.05 Å². The zero-order valence-electron chi connectivity index (χ0n) is 11.2. The largest absolute Gasteiger partial charge is 0.457 e. The van der Waals surface area contributed by atoms with Crippen LogP contribution in [0.2, 0.25) is 5.02 Å². The molecule has 2 aromatic carbocycles. The summed E-state index contributed by atoms with van der Waals surface area (Å²) in [5, 5.41) is 4.00. The van der Waals surface area contributed by atoms with Crippen LogP contribution < -0.4 is 10.1 Å². The Morgan fingerprint density at radius 2 is 1.53 bits per heavy atom. The molecule has 0 aliphatic carbocycles. The average molecular weight is 276 g/mol. The third-order valence-electron chi connectivity index (χ3n) is 3.09. The molecular weight excluding hydrogens is 258 g/mol. The van der Waals surface area contributed by atoms with Crippen molar-refractivity contribution in [3.63, 3.8) is 0 Å². The van der Waals surface area contributed by atoms with Gasteiger partial charge in [-0.15, -0.1) is 0 Å². The molecule has 0 heterocycles. The van der Waals surface area contributed by atoms with E-state index in [9.17, 15) is 0 Å². The zero-order valence-corrected chi connectivity index (χ0v) is 11.9. The first-order chi connectivity index (χ1) is 9.22. The molecule has 0 aromatic heterocycles. The molecule has 2 rings (SSSR count). The van der Waals surface area contributed by atoms with E-state index in [2.05, 4.69) is 24.4 Å². The Labute approximate surface area is 119 Å². The topological polar surface area (TPSA) is 21.3 Å². The maximum Gasteiger partial charge on any atom is 0.127 e. The standard InChI is InChI=1S/C16H18ClNO/c1-3-16(18-2)12-4-8-14(9-5-12)19-15-10-6-13(17)7-11-15/h4-11,16,18H,3H2,1-2H3. The maximum atomic E-state index is 5.84. The average Bonchev–Trinajstić information content (AvgIpc) is 2.44. The van der Waals surface area contributed by atoms with Gasteiger partial charge in [-0.3, -0.25) is 0 Å². The van der Waals surface area contributed by atoms with Crippen molar-refractivity contribution in [2.24, 2.45) is 0 Å². The molecule has 1 N–H and O–H groups in total. The highest BCUT2D eigenvalue weighted by atomic mass is 35.5. The summed E-state index contributed by atoms with van der Waals surface area (Å²) in [6.07, 6.45) is 1.06. The lowest BCUT2D eigenvalue weighted by molar-refractivity contribution is 0.481. The lowest BCUT2D eigenvalue weighted by atomic mass is 10.0. The molecule has 100 valence electrons. The van der Waals surface area contributed by atoms with Crippen molar-refractivity contribution in [1.82, 2.24) is 5.32 Å². The third-order valence-corrected chi connectivity index (χ3v) is 3.34. The Morgan fingerprint density at radius 3 is 2.00 bits per heavy atom. The highest BCUT2D eigenvalue weighted by Gasteiger charge is 2.06. The minimum atomic E-state index is 0.393. The van der Waals surface area contributed by atoms with E-state index >= 15 is 0 Å². The van der Waals surface area contributed by atoms with Crippen LogP contribution in [0.5, 0.6) is 11.5 Å². The van der Waals surface area contributed by atoms with E-state index < -0.39 is 0 Å². The molecule has 1 unspecified atom stereocenters. The number of halogens is 1. The molecule has 0 radical (unpaired) electrons. The van der Waals surface area contributed by atoms with Crippen molar-refractivity contribution in [1.29, 1.82) is 0 Å². The first kappa shape index (κ1) is 13.9. The molecule has 0 fully saturated rings. The summed E-state index contributed by atoms with van der Waals surface area (Å²) in [5.74, 6) is 1.62. The van der Waals surface area contributed by atoms with Crippen molar-refractivity contribution < 1.29 is 4.74 Å². The fourth-order valence-electron chi connectivity index (χ4n) is 2.01. The van der Waals surface area contributed by atoms with E-state index in [-0.39, 0.29) is 0 Å². The minimum Gasteiger partial charge on any atom is -0.457 e. The van der Waals surface area contributed by atoms with Gasteiger partial charge in [-0.1, -0.05) is 30.7 Å². The number of hydrogen-bond acceptors (Lipinski definition) is 2.